The van der Waals surface area contributed by atoms with Gasteiger partial charge in [-0.15, -0.1) is 0 Å². The van der Waals surface area contributed by atoms with Crippen molar-refractivity contribution < 1.29 is 18.7 Å². The lowest BCUT2D eigenvalue weighted by molar-refractivity contribution is -0.156. The molecule has 0 aromatic rings. The summed E-state index contributed by atoms with van der Waals surface area (Å²) in [6.07, 6.45) is 0. The lowest BCUT2D eigenvalue weighted by atomic mass is 9.92. The highest BCUT2D eigenvalue weighted by Crippen LogP contribution is 2.38. The Hall–Kier alpha value is -0.203. The minimum absolute atomic E-state index is 0.000809. The molecular formula is C17H33NO4S2Si. The van der Waals surface area contributed by atoms with Crippen LogP contribution >= 0.6 is 21.6 Å². The Bertz CT molecular complexity index is 461. The molecule has 0 N–H and O–H groups in total. The zero-order valence-electron chi connectivity index (χ0n) is 16.8. The van der Waals surface area contributed by atoms with Crippen molar-refractivity contribution in [3.05, 3.63) is 0 Å². The number of rotatable bonds is 11. The second-order valence-corrected chi connectivity index (χ2v) is 15.4. The Morgan fingerprint density at radius 1 is 1.24 bits per heavy atom. The van der Waals surface area contributed by atoms with E-state index in [-0.39, 0.29) is 24.9 Å². The van der Waals surface area contributed by atoms with E-state index < -0.39 is 19.7 Å². The molecule has 8 heteroatoms. The van der Waals surface area contributed by atoms with E-state index in [1.54, 1.807) is 28.5 Å². The van der Waals surface area contributed by atoms with Gasteiger partial charge >= 0.3 is 5.97 Å². The molecule has 0 rings (SSSR count). The van der Waals surface area contributed by atoms with E-state index >= 15 is 0 Å². The van der Waals surface area contributed by atoms with E-state index in [4.69, 9.17) is 13.9 Å². The summed E-state index contributed by atoms with van der Waals surface area (Å²) in [4.78, 5) is 12.4. The summed E-state index contributed by atoms with van der Waals surface area (Å²) in [6.45, 7) is 16.7. The molecule has 0 saturated heterocycles. The Morgan fingerprint density at radius 2 is 1.84 bits per heavy atom. The molecule has 1 atom stereocenters. The Morgan fingerprint density at radius 3 is 2.28 bits per heavy atom. The molecule has 0 radical (unpaired) electrons. The molecule has 0 saturated carbocycles. The fourth-order valence-corrected chi connectivity index (χ4v) is 4.18. The summed E-state index contributed by atoms with van der Waals surface area (Å²) in [5.41, 5.74) is -1.42. The molecule has 0 spiro atoms. The molecule has 0 aliphatic rings. The second kappa shape index (κ2) is 10.8. The number of carbonyl (C=O) groups is 1. The van der Waals surface area contributed by atoms with Gasteiger partial charge in [0.2, 0.25) is 0 Å². The zero-order chi connectivity index (χ0) is 19.7. The van der Waals surface area contributed by atoms with Gasteiger partial charge in [0.25, 0.3) is 0 Å². The van der Waals surface area contributed by atoms with Crippen LogP contribution in [-0.4, -0.2) is 45.3 Å². The van der Waals surface area contributed by atoms with Crippen LogP contribution in [0.3, 0.4) is 0 Å². The number of nitriles is 1. The molecule has 0 aliphatic carbocycles. The van der Waals surface area contributed by atoms with Crippen molar-refractivity contribution in [2.75, 3.05) is 25.8 Å². The molecule has 146 valence electrons. The Labute approximate surface area is 162 Å². The fourth-order valence-electron chi connectivity index (χ4n) is 1.47. The van der Waals surface area contributed by atoms with Gasteiger partial charge in [-0.25, -0.2) is 0 Å². The van der Waals surface area contributed by atoms with Gasteiger partial charge in [-0.3, -0.25) is 4.79 Å². The van der Waals surface area contributed by atoms with Crippen LogP contribution in [0, 0.1) is 16.7 Å². The van der Waals surface area contributed by atoms with Crippen LogP contribution < -0.4 is 0 Å². The lowest BCUT2D eigenvalue weighted by Crippen LogP contribution is -2.48. The Balaban J connectivity index is 5.02. The summed E-state index contributed by atoms with van der Waals surface area (Å²) in [5.74, 6) is -0.163. The molecule has 0 bridgehead atoms. The number of hydrogen-bond donors (Lipinski definition) is 0. The fraction of sp³-hybridized carbons (Fsp3) is 0.882. The standard InChI is InChI=1S/C17H33NO4S2Si/c1-9-21-15(19)17(10-18,11-20-13-23-24-14(2)3)12-22-25(7,8)16(4,5)6/h14H,9,11-13H2,1-8H3. The number of hydrogen-bond acceptors (Lipinski definition) is 7. The summed E-state index contributed by atoms with van der Waals surface area (Å²) in [6, 6.07) is 2.11. The predicted molar refractivity (Wildman–Crippen MR) is 109 cm³/mol. The highest BCUT2D eigenvalue weighted by Gasteiger charge is 2.45. The van der Waals surface area contributed by atoms with Crippen molar-refractivity contribution in [3.63, 3.8) is 0 Å². The number of ether oxygens (including phenoxy) is 2. The van der Waals surface area contributed by atoms with Gasteiger partial charge in [0.15, 0.2) is 13.7 Å². The first-order chi connectivity index (χ1) is 11.4. The van der Waals surface area contributed by atoms with E-state index in [2.05, 4.69) is 53.8 Å². The van der Waals surface area contributed by atoms with Gasteiger partial charge < -0.3 is 13.9 Å². The average molecular weight is 408 g/mol. The van der Waals surface area contributed by atoms with Crippen LogP contribution in [0.1, 0.15) is 41.5 Å². The molecule has 0 aromatic carbocycles. The SMILES string of the molecule is CCOC(=O)C(C#N)(COCSSC(C)C)CO[Si](C)(C)C(C)(C)C. The highest BCUT2D eigenvalue weighted by atomic mass is 33.1. The van der Waals surface area contributed by atoms with Crippen LogP contribution in [0.5, 0.6) is 0 Å². The van der Waals surface area contributed by atoms with Crippen LogP contribution in [0.25, 0.3) is 0 Å². The minimum Gasteiger partial charge on any atom is -0.465 e. The zero-order valence-corrected chi connectivity index (χ0v) is 19.4. The maximum Gasteiger partial charge on any atom is 0.331 e. The largest absolute Gasteiger partial charge is 0.465 e. The average Bonchev–Trinajstić information content (AvgIpc) is 2.49. The number of nitrogens with zero attached hydrogens (tertiary/aromatic N) is 1. The van der Waals surface area contributed by atoms with Gasteiger partial charge in [-0.05, 0) is 25.1 Å². The monoisotopic (exact) mass is 407 g/mol. The van der Waals surface area contributed by atoms with Crippen LogP contribution in [0.2, 0.25) is 18.1 Å². The third kappa shape index (κ3) is 8.35. The normalized spacial score (nSPS) is 14.9. The van der Waals surface area contributed by atoms with E-state index in [0.29, 0.717) is 11.2 Å². The summed E-state index contributed by atoms with van der Waals surface area (Å²) >= 11 is 0. The molecule has 1 unspecified atom stereocenters. The third-order valence-electron chi connectivity index (χ3n) is 4.11. The van der Waals surface area contributed by atoms with Crippen LogP contribution in [-0.2, 0) is 18.7 Å². The molecule has 0 aliphatic heterocycles. The van der Waals surface area contributed by atoms with Gasteiger partial charge in [-0.1, -0.05) is 56.2 Å². The Kier molecular flexibility index (Phi) is 10.7. The first kappa shape index (κ1) is 24.8. The number of carbonyl (C=O) groups excluding carboxylic acids is 1. The highest BCUT2D eigenvalue weighted by molar-refractivity contribution is 8.76. The topological polar surface area (TPSA) is 68.6 Å². The first-order valence-electron chi connectivity index (χ1n) is 8.50. The van der Waals surface area contributed by atoms with Crippen molar-refractivity contribution in [2.24, 2.45) is 5.41 Å². The van der Waals surface area contributed by atoms with E-state index in [0.717, 1.165) is 0 Å². The summed E-state index contributed by atoms with van der Waals surface area (Å²) in [7, 11) is 1.17. The van der Waals surface area contributed by atoms with Crippen molar-refractivity contribution in [2.45, 2.75) is 64.9 Å². The molecule has 0 fully saturated rings. The van der Waals surface area contributed by atoms with Crippen molar-refractivity contribution in [1.29, 1.82) is 5.26 Å². The van der Waals surface area contributed by atoms with Gasteiger partial charge in [0.1, 0.15) is 5.94 Å². The van der Waals surface area contributed by atoms with E-state index in [1.165, 1.54) is 0 Å². The maximum atomic E-state index is 12.4. The molecule has 5 nitrogen and oxygen atoms in total. The molecule has 0 amide bonds. The first-order valence-corrected chi connectivity index (χ1v) is 13.8. The second-order valence-electron chi connectivity index (χ2n) is 7.69. The van der Waals surface area contributed by atoms with Crippen LogP contribution in [0.4, 0.5) is 0 Å². The third-order valence-corrected chi connectivity index (χ3v) is 11.2. The summed E-state index contributed by atoms with van der Waals surface area (Å²) < 4.78 is 16.9. The van der Waals surface area contributed by atoms with Crippen molar-refractivity contribution >= 4 is 35.9 Å². The van der Waals surface area contributed by atoms with Gasteiger partial charge in [-0.2, -0.15) is 5.26 Å². The smallest absolute Gasteiger partial charge is 0.331 e. The molecule has 0 heterocycles. The minimum atomic E-state index is -2.09. The van der Waals surface area contributed by atoms with Crippen LogP contribution in [0.15, 0.2) is 0 Å². The molecular weight excluding hydrogens is 374 g/mol. The summed E-state index contributed by atoms with van der Waals surface area (Å²) in [5, 5.41) is 10.2. The van der Waals surface area contributed by atoms with Crippen molar-refractivity contribution in [3.8, 4) is 6.07 Å². The number of esters is 1. The van der Waals surface area contributed by atoms with E-state index in [1.807, 2.05) is 0 Å². The maximum absolute atomic E-state index is 12.4. The van der Waals surface area contributed by atoms with Gasteiger partial charge in [0, 0.05) is 5.25 Å². The van der Waals surface area contributed by atoms with Gasteiger partial charge in [0.05, 0.1) is 25.9 Å². The lowest BCUT2D eigenvalue weighted by Gasteiger charge is -2.38. The molecule has 25 heavy (non-hydrogen) atoms. The van der Waals surface area contributed by atoms with Crippen molar-refractivity contribution in [1.82, 2.24) is 0 Å². The predicted octanol–water partition coefficient (Wildman–Crippen LogP) is 4.85. The quantitative estimate of drug-likeness (QED) is 0.159. The van der Waals surface area contributed by atoms with E-state index in [9.17, 15) is 10.1 Å². The molecule has 0 aromatic heterocycles.